The average Bonchev–Trinajstić information content (AvgIpc) is 2.37. The quantitative estimate of drug-likeness (QED) is 0.624. The number of methoxy groups -OCH3 is 2. The summed E-state index contributed by atoms with van der Waals surface area (Å²) in [5, 5.41) is 14.1. The number of ether oxygens (including phenoxy) is 2. The lowest BCUT2D eigenvalue weighted by Crippen LogP contribution is -2.14. The van der Waals surface area contributed by atoms with Crippen LogP contribution in [0.25, 0.3) is 0 Å². The summed E-state index contributed by atoms with van der Waals surface area (Å²) in [4.78, 5) is 10.6. The average molecular weight is 254 g/mol. The van der Waals surface area contributed by atoms with E-state index in [4.69, 9.17) is 9.47 Å². The van der Waals surface area contributed by atoms with E-state index in [0.29, 0.717) is 17.2 Å². The molecule has 0 radical (unpaired) electrons. The maximum absolute atomic E-state index is 11.0. The molecule has 6 nitrogen and oxygen atoms in total. The van der Waals surface area contributed by atoms with Crippen molar-refractivity contribution < 1.29 is 14.4 Å². The number of hydrogen-bond acceptors (Lipinski definition) is 5. The van der Waals surface area contributed by atoms with E-state index in [9.17, 15) is 10.1 Å². The maximum Gasteiger partial charge on any atom is 0.296 e. The molecule has 0 saturated carbocycles. The van der Waals surface area contributed by atoms with Gasteiger partial charge in [0.2, 0.25) is 0 Å². The molecule has 0 amide bonds. The molecular formula is C12H18N2O4. The molecular weight excluding hydrogens is 236 g/mol. The summed E-state index contributed by atoms with van der Waals surface area (Å²) < 4.78 is 10.2. The molecule has 1 aromatic carbocycles. The Hall–Kier alpha value is -1.98. The lowest BCUT2D eigenvalue weighted by atomic mass is 10.2. The van der Waals surface area contributed by atoms with Crippen LogP contribution in [0.4, 0.5) is 11.4 Å². The summed E-state index contributed by atoms with van der Waals surface area (Å²) in [7, 11) is 2.94. The van der Waals surface area contributed by atoms with Crippen molar-refractivity contribution in [3.63, 3.8) is 0 Å². The van der Waals surface area contributed by atoms with Gasteiger partial charge in [-0.05, 0) is 13.3 Å². The Kier molecular flexibility index (Phi) is 4.76. The summed E-state index contributed by atoms with van der Waals surface area (Å²) in [6.07, 6.45) is 0.867. The van der Waals surface area contributed by atoms with Crippen molar-refractivity contribution >= 4 is 11.4 Å². The summed E-state index contributed by atoms with van der Waals surface area (Å²) in [6.45, 7) is 3.96. The van der Waals surface area contributed by atoms with Crippen LogP contribution in [0.5, 0.6) is 11.5 Å². The van der Waals surface area contributed by atoms with Crippen LogP contribution >= 0.6 is 0 Å². The van der Waals surface area contributed by atoms with E-state index in [1.807, 2.05) is 13.8 Å². The minimum absolute atomic E-state index is 0.0204. The zero-order valence-electron chi connectivity index (χ0n) is 11.0. The molecule has 1 unspecified atom stereocenters. The lowest BCUT2D eigenvalue weighted by Gasteiger charge is -2.15. The van der Waals surface area contributed by atoms with Gasteiger partial charge in [0.15, 0.2) is 11.5 Å². The molecule has 0 saturated heterocycles. The Morgan fingerprint density at radius 3 is 2.33 bits per heavy atom. The molecule has 1 N–H and O–H groups in total. The van der Waals surface area contributed by atoms with E-state index >= 15 is 0 Å². The van der Waals surface area contributed by atoms with E-state index in [2.05, 4.69) is 5.32 Å². The largest absolute Gasteiger partial charge is 0.493 e. The predicted octanol–water partition coefficient (Wildman–Crippen LogP) is 2.82. The fourth-order valence-electron chi connectivity index (χ4n) is 1.50. The zero-order chi connectivity index (χ0) is 13.7. The first-order valence-corrected chi connectivity index (χ1v) is 5.70. The van der Waals surface area contributed by atoms with Crippen molar-refractivity contribution in [1.82, 2.24) is 0 Å². The van der Waals surface area contributed by atoms with Gasteiger partial charge in [-0.15, -0.1) is 0 Å². The van der Waals surface area contributed by atoms with Crippen LogP contribution in [-0.2, 0) is 0 Å². The van der Waals surface area contributed by atoms with Crippen molar-refractivity contribution in [3.05, 3.63) is 22.2 Å². The molecule has 100 valence electrons. The fourth-order valence-corrected chi connectivity index (χ4v) is 1.50. The molecule has 0 aliphatic rings. The van der Waals surface area contributed by atoms with E-state index in [0.717, 1.165) is 6.42 Å². The second-order valence-electron chi connectivity index (χ2n) is 3.94. The Bertz CT molecular complexity index is 434. The first-order chi connectivity index (χ1) is 8.53. The van der Waals surface area contributed by atoms with E-state index in [-0.39, 0.29) is 11.7 Å². The molecule has 0 bridgehead atoms. The van der Waals surface area contributed by atoms with Gasteiger partial charge in [0, 0.05) is 12.1 Å². The van der Waals surface area contributed by atoms with E-state index in [1.165, 1.54) is 20.3 Å². The highest BCUT2D eigenvalue weighted by Crippen LogP contribution is 2.37. The predicted molar refractivity (Wildman–Crippen MR) is 69.6 cm³/mol. The first kappa shape index (κ1) is 14.1. The number of nitro benzene ring substituents is 1. The number of benzene rings is 1. The van der Waals surface area contributed by atoms with Crippen molar-refractivity contribution in [2.24, 2.45) is 0 Å². The molecule has 0 aromatic heterocycles. The van der Waals surface area contributed by atoms with Crippen molar-refractivity contribution in [1.29, 1.82) is 0 Å². The topological polar surface area (TPSA) is 73.6 Å². The number of nitrogens with one attached hydrogen (secondary N) is 1. The molecule has 1 atom stereocenters. The molecule has 0 aliphatic carbocycles. The summed E-state index contributed by atoms with van der Waals surface area (Å²) in [5.74, 6) is 0.813. The molecule has 6 heteroatoms. The minimum atomic E-state index is -0.438. The number of nitrogens with zero attached hydrogens (tertiary/aromatic N) is 1. The number of anilines is 1. The standard InChI is InChI=1S/C12H18N2O4/c1-5-8(2)13-9-6-11(17-3)12(18-4)7-10(9)14(15)16/h6-8,13H,5H2,1-4H3. The van der Waals surface area contributed by atoms with Crippen LogP contribution in [0.1, 0.15) is 20.3 Å². The van der Waals surface area contributed by atoms with Gasteiger partial charge in [-0.3, -0.25) is 10.1 Å². The molecule has 0 heterocycles. The second-order valence-corrected chi connectivity index (χ2v) is 3.94. The highest BCUT2D eigenvalue weighted by atomic mass is 16.6. The van der Waals surface area contributed by atoms with Gasteiger partial charge < -0.3 is 14.8 Å². The Labute approximate surface area is 106 Å². The normalized spacial score (nSPS) is 11.8. The molecule has 1 aromatic rings. The van der Waals surface area contributed by atoms with Crippen LogP contribution in [-0.4, -0.2) is 25.2 Å². The molecule has 1 rings (SSSR count). The summed E-state index contributed by atoms with van der Waals surface area (Å²) in [5.41, 5.74) is 0.417. The smallest absolute Gasteiger partial charge is 0.296 e. The third-order valence-corrected chi connectivity index (χ3v) is 2.71. The Morgan fingerprint density at radius 1 is 1.33 bits per heavy atom. The van der Waals surface area contributed by atoms with Gasteiger partial charge in [-0.1, -0.05) is 6.92 Å². The second kappa shape index (κ2) is 6.09. The van der Waals surface area contributed by atoms with Gasteiger partial charge >= 0.3 is 0 Å². The van der Waals surface area contributed by atoms with Crippen LogP contribution in [0, 0.1) is 10.1 Å². The Balaban J connectivity index is 3.24. The maximum atomic E-state index is 11.0. The van der Waals surface area contributed by atoms with Gasteiger partial charge in [-0.2, -0.15) is 0 Å². The highest BCUT2D eigenvalue weighted by molar-refractivity contribution is 5.68. The van der Waals surface area contributed by atoms with Crippen LogP contribution in [0.2, 0.25) is 0 Å². The van der Waals surface area contributed by atoms with Gasteiger partial charge in [0.1, 0.15) is 5.69 Å². The minimum Gasteiger partial charge on any atom is -0.493 e. The van der Waals surface area contributed by atoms with E-state index < -0.39 is 4.92 Å². The molecule has 0 aliphatic heterocycles. The lowest BCUT2D eigenvalue weighted by molar-refractivity contribution is -0.384. The summed E-state index contributed by atoms with van der Waals surface area (Å²) >= 11 is 0. The highest BCUT2D eigenvalue weighted by Gasteiger charge is 2.20. The third kappa shape index (κ3) is 3.03. The summed E-state index contributed by atoms with van der Waals surface area (Å²) in [6, 6.07) is 3.09. The van der Waals surface area contributed by atoms with Crippen molar-refractivity contribution in [2.75, 3.05) is 19.5 Å². The zero-order valence-corrected chi connectivity index (χ0v) is 11.0. The number of nitro groups is 1. The molecule has 0 spiro atoms. The van der Waals surface area contributed by atoms with E-state index in [1.54, 1.807) is 6.07 Å². The fraction of sp³-hybridized carbons (Fsp3) is 0.500. The first-order valence-electron chi connectivity index (χ1n) is 5.70. The molecule has 18 heavy (non-hydrogen) atoms. The van der Waals surface area contributed by atoms with Gasteiger partial charge in [-0.25, -0.2) is 0 Å². The van der Waals surface area contributed by atoms with Crippen LogP contribution in [0.15, 0.2) is 12.1 Å². The van der Waals surface area contributed by atoms with Gasteiger partial charge in [0.25, 0.3) is 5.69 Å². The van der Waals surface area contributed by atoms with Crippen molar-refractivity contribution in [3.8, 4) is 11.5 Å². The van der Waals surface area contributed by atoms with Crippen molar-refractivity contribution in [2.45, 2.75) is 26.3 Å². The number of rotatable bonds is 6. The molecule has 0 fully saturated rings. The van der Waals surface area contributed by atoms with Crippen LogP contribution in [0.3, 0.4) is 0 Å². The van der Waals surface area contributed by atoms with Gasteiger partial charge in [0.05, 0.1) is 25.2 Å². The third-order valence-electron chi connectivity index (χ3n) is 2.71. The monoisotopic (exact) mass is 254 g/mol. The van der Waals surface area contributed by atoms with Crippen LogP contribution < -0.4 is 14.8 Å². The SMILES string of the molecule is CCC(C)Nc1cc(OC)c(OC)cc1[N+](=O)[O-]. The Morgan fingerprint density at radius 2 is 1.89 bits per heavy atom. The number of hydrogen-bond donors (Lipinski definition) is 1.